The predicted molar refractivity (Wildman–Crippen MR) is 60.8 cm³/mol. The lowest BCUT2D eigenvalue weighted by Gasteiger charge is -2.21. The number of hydrogen-bond donors (Lipinski definition) is 1. The summed E-state index contributed by atoms with van der Waals surface area (Å²) in [6.45, 7) is 4.55. The summed E-state index contributed by atoms with van der Waals surface area (Å²) < 4.78 is 0. The first-order valence-corrected chi connectivity index (χ1v) is 6.40. The van der Waals surface area contributed by atoms with Gasteiger partial charge < -0.3 is 5.32 Å². The molecule has 1 saturated heterocycles. The normalized spacial score (nSPS) is 22.5. The smallest absolute Gasteiger partial charge is 0.0931 e. The molecule has 1 unspecified atom stereocenters. The molecule has 2 nitrogen and oxygen atoms in total. The number of rotatable bonds is 3. The second-order valence-electron chi connectivity index (χ2n) is 4.00. The molecule has 14 heavy (non-hydrogen) atoms. The largest absolute Gasteiger partial charge is 0.316 e. The number of nitrogens with zero attached hydrogens (tertiary/aromatic N) is 1. The Morgan fingerprint density at radius 1 is 1.64 bits per heavy atom. The van der Waals surface area contributed by atoms with Crippen LogP contribution in [0.15, 0.2) is 5.38 Å². The number of aromatic nitrogens is 1. The van der Waals surface area contributed by atoms with Gasteiger partial charge in [-0.2, -0.15) is 0 Å². The topological polar surface area (TPSA) is 24.9 Å². The summed E-state index contributed by atoms with van der Waals surface area (Å²) >= 11 is 1.83. The van der Waals surface area contributed by atoms with Crippen molar-refractivity contribution in [1.29, 1.82) is 0 Å². The quantitative estimate of drug-likeness (QED) is 0.827. The van der Waals surface area contributed by atoms with E-state index < -0.39 is 0 Å². The molecule has 0 aromatic carbocycles. The van der Waals surface area contributed by atoms with Crippen molar-refractivity contribution in [2.45, 2.75) is 32.6 Å². The summed E-state index contributed by atoms with van der Waals surface area (Å²) in [7, 11) is 0. The van der Waals surface area contributed by atoms with Crippen molar-refractivity contribution in [3.05, 3.63) is 16.1 Å². The third kappa shape index (κ3) is 2.55. The molecule has 1 N–H and O–H groups in total. The van der Waals surface area contributed by atoms with Crippen molar-refractivity contribution in [3.63, 3.8) is 0 Å². The van der Waals surface area contributed by atoms with Crippen molar-refractivity contribution in [3.8, 4) is 0 Å². The maximum Gasteiger partial charge on any atom is 0.0931 e. The van der Waals surface area contributed by atoms with E-state index in [4.69, 9.17) is 0 Å². The molecule has 1 atom stereocenters. The lowest BCUT2D eigenvalue weighted by atomic mass is 9.97. The number of thiazole rings is 1. The summed E-state index contributed by atoms with van der Waals surface area (Å²) in [4.78, 5) is 4.61. The zero-order valence-corrected chi connectivity index (χ0v) is 9.57. The van der Waals surface area contributed by atoms with Crippen LogP contribution in [0, 0.1) is 5.92 Å². The van der Waals surface area contributed by atoms with Crippen molar-refractivity contribution in [1.82, 2.24) is 10.3 Å². The van der Waals surface area contributed by atoms with Crippen LogP contribution >= 0.6 is 11.3 Å². The summed E-state index contributed by atoms with van der Waals surface area (Å²) in [6.07, 6.45) is 4.95. The van der Waals surface area contributed by atoms with Crippen LogP contribution < -0.4 is 5.32 Å². The Balaban J connectivity index is 1.89. The summed E-state index contributed by atoms with van der Waals surface area (Å²) in [6, 6.07) is 0. The third-order valence-corrected chi connectivity index (χ3v) is 3.74. The monoisotopic (exact) mass is 210 g/mol. The highest BCUT2D eigenvalue weighted by atomic mass is 32.1. The second-order valence-corrected chi connectivity index (χ2v) is 4.95. The van der Waals surface area contributed by atoms with Gasteiger partial charge in [0.2, 0.25) is 0 Å². The van der Waals surface area contributed by atoms with Gasteiger partial charge in [0.15, 0.2) is 0 Å². The Labute approximate surface area is 89.8 Å². The first kappa shape index (κ1) is 10.1. The molecule has 1 aliphatic heterocycles. The lowest BCUT2D eigenvalue weighted by Crippen LogP contribution is -2.30. The van der Waals surface area contributed by atoms with E-state index in [1.807, 2.05) is 11.3 Å². The van der Waals surface area contributed by atoms with Gasteiger partial charge in [0.25, 0.3) is 0 Å². The van der Waals surface area contributed by atoms with Crippen LogP contribution in [0.1, 0.15) is 30.5 Å². The first-order valence-electron chi connectivity index (χ1n) is 5.52. The Bertz CT molecular complexity index is 277. The van der Waals surface area contributed by atoms with Crippen LogP contribution in [-0.2, 0) is 12.8 Å². The zero-order valence-electron chi connectivity index (χ0n) is 8.75. The zero-order chi connectivity index (χ0) is 9.80. The Morgan fingerprint density at radius 3 is 3.21 bits per heavy atom. The van der Waals surface area contributed by atoms with Crippen molar-refractivity contribution in [2.75, 3.05) is 13.1 Å². The van der Waals surface area contributed by atoms with E-state index in [9.17, 15) is 0 Å². The molecule has 1 fully saturated rings. The second kappa shape index (κ2) is 4.89. The van der Waals surface area contributed by atoms with Gasteiger partial charge >= 0.3 is 0 Å². The van der Waals surface area contributed by atoms with Crippen LogP contribution in [-0.4, -0.2) is 18.1 Å². The number of piperidine rings is 1. The van der Waals surface area contributed by atoms with Gasteiger partial charge in [0.1, 0.15) is 0 Å². The van der Waals surface area contributed by atoms with E-state index >= 15 is 0 Å². The minimum atomic E-state index is 0.819. The fraction of sp³-hybridized carbons (Fsp3) is 0.727. The summed E-state index contributed by atoms with van der Waals surface area (Å²) in [5, 5.41) is 6.98. The summed E-state index contributed by atoms with van der Waals surface area (Å²) in [5.74, 6) is 0.819. The minimum absolute atomic E-state index is 0.819. The van der Waals surface area contributed by atoms with Gasteiger partial charge in [-0.25, -0.2) is 4.98 Å². The molecule has 2 heterocycles. The fourth-order valence-corrected chi connectivity index (χ4v) is 2.94. The number of nitrogens with one attached hydrogen (secondary N) is 1. The highest BCUT2D eigenvalue weighted by molar-refractivity contribution is 7.09. The van der Waals surface area contributed by atoms with E-state index in [0.717, 1.165) is 12.3 Å². The van der Waals surface area contributed by atoms with Gasteiger partial charge in [0.05, 0.1) is 10.7 Å². The van der Waals surface area contributed by atoms with Gasteiger partial charge in [-0.05, 0) is 38.3 Å². The van der Waals surface area contributed by atoms with E-state index in [-0.39, 0.29) is 0 Å². The Kier molecular flexibility index (Phi) is 3.54. The highest BCUT2D eigenvalue weighted by Gasteiger charge is 2.14. The predicted octanol–water partition coefficient (Wildman–Crippen LogP) is 2.25. The molecular weight excluding hydrogens is 192 g/mol. The maximum absolute atomic E-state index is 4.61. The molecule has 78 valence electrons. The standard InChI is InChI=1S/C11H18N2S/c1-2-10-8-14-11(13-10)6-9-4-3-5-12-7-9/h8-9,12H,2-7H2,1H3. The molecule has 3 heteroatoms. The maximum atomic E-state index is 4.61. The van der Waals surface area contributed by atoms with Gasteiger partial charge in [-0.3, -0.25) is 0 Å². The van der Waals surface area contributed by atoms with Crippen molar-refractivity contribution in [2.24, 2.45) is 5.92 Å². The molecule has 0 amide bonds. The molecule has 1 aliphatic rings. The van der Waals surface area contributed by atoms with Crippen LogP contribution in [0.2, 0.25) is 0 Å². The summed E-state index contributed by atoms with van der Waals surface area (Å²) in [5.41, 5.74) is 1.26. The molecule has 0 saturated carbocycles. The van der Waals surface area contributed by atoms with Gasteiger partial charge in [-0.1, -0.05) is 6.92 Å². The Morgan fingerprint density at radius 2 is 2.57 bits per heavy atom. The molecular formula is C11H18N2S. The first-order chi connectivity index (χ1) is 6.88. The molecule has 0 radical (unpaired) electrons. The number of hydrogen-bond acceptors (Lipinski definition) is 3. The third-order valence-electron chi connectivity index (χ3n) is 2.82. The molecule has 1 aromatic rings. The average molecular weight is 210 g/mol. The van der Waals surface area contributed by atoms with Crippen molar-refractivity contribution >= 4 is 11.3 Å². The van der Waals surface area contributed by atoms with E-state index in [0.29, 0.717) is 0 Å². The van der Waals surface area contributed by atoms with Gasteiger partial charge in [0, 0.05) is 11.8 Å². The van der Waals surface area contributed by atoms with E-state index in [2.05, 4.69) is 22.6 Å². The molecule has 0 spiro atoms. The molecule has 1 aromatic heterocycles. The van der Waals surface area contributed by atoms with E-state index in [1.54, 1.807) is 0 Å². The molecule has 0 bridgehead atoms. The van der Waals surface area contributed by atoms with Crippen LogP contribution in [0.5, 0.6) is 0 Å². The average Bonchev–Trinajstić information content (AvgIpc) is 2.67. The molecule has 0 aliphatic carbocycles. The van der Waals surface area contributed by atoms with Crippen LogP contribution in [0.3, 0.4) is 0 Å². The van der Waals surface area contributed by atoms with Crippen LogP contribution in [0.4, 0.5) is 0 Å². The minimum Gasteiger partial charge on any atom is -0.316 e. The van der Waals surface area contributed by atoms with Gasteiger partial charge in [-0.15, -0.1) is 11.3 Å². The Hall–Kier alpha value is -0.410. The molecule has 2 rings (SSSR count). The SMILES string of the molecule is CCc1csc(CC2CCCNC2)n1. The fourth-order valence-electron chi connectivity index (χ4n) is 1.95. The van der Waals surface area contributed by atoms with Crippen molar-refractivity contribution < 1.29 is 0 Å². The van der Waals surface area contributed by atoms with E-state index in [1.165, 1.54) is 43.1 Å². The van der Waals surface area contributed by atoms with Crippen LogP contribution in [0.25, 0.3) is 0 Å². The number of aryl methyl sites for hydroxylation is 1. The lowest BCUT2D eigenvalue weighted by molar-refractivity contribution is 0.375. The highest BCUT2D eigenvalue weighted by Crippen LogP contribution is 2.19.